The molecule has 3 N–H and O–H groups in total. The lowest BCUT2D eigenvalue weighted by Crippen LogP contribution is -2.78. The molecule has 14 aliphatic rings. The van der Waals surface area contributed by atoms with Crippen molar-refractivity contribution in [2.45, 2.75) is 160 Å². The average molecular weight is 914 g/mol. The average Bonchev–Trinajstić information content (AvgIpc) is 4.11. The summed E-state index contributed by atoms with van der Waals surface area (Å²) < 4.78 is 14.7. The zero-order chi connectivity index (χ0) is 45.4. The van der Waals surface area contributed by atoms with Crippen LogP contribution in [0.25, 0.3) is 0 Å². The molecule has 8 heteroatoms. The lowest BCUT2D eigenvalue weighted by molar-refractivity contribution is -0.282. The Morgan fingerprint density at radius 1 is 0.941 bits per heavy atom. The molecule has 0 unspecified atom stereocenters. The zero-order valence-electron chi connectivity index (χ0n) is 40.5. The van der Waals surface area contributed by atoms with Crippen molar-refractivity contribution in [3.63, 3.8) is 0 Å². The molecular weight excluding hydrogens is 843 g/mol. The van der Waals surface area contributed by atoms with Crippen LogP contribution in [0.4, 0.5) is 0 Å². The number of aliphatic hydroxyl groups excluding tert-OH is 1. The predicted molar refractivity (Wildman–Crippen MR) is 257 cm³/mol. The first kappa shape index (κ1) is 40.9. The maximum Gasteiger partial charge on any atom is 0.339 e. The van der Waals surface area contributed by atoms with Gasteiger partial charge in [0.05, 0.1) is 11.0 Å². The minimum atomic E-state index is -1.19. The molecule has 0 radical (unpaired) electrons. The predicted octanol–water partition coefficient (Wildman–Crippen LogP) is 9.83. The number of carbonyl (C=O) groups excluding carboxylic acids is 2. The van der Waals surface area contributed by atoms with Crippen LogP contribution in [0, 0.1) is 93.2 Å². The quantitative estimate of drug-likeness (QED) is 0.175. The number of fused-ring (bicyclic) bond motifs is 11. The number of nitrogens with zero attached hydrogens (tertiary/aromatic N) is 2. The summed E-state index contributed by atoms with van der Waals surface area (Å²) in [6, 6.07) is 5.45. The number of hydrogen-bond donors (Lipinski definition) is 2. The van der Waals surface area contributed by atoms with Crippen LogP contribution >= 0.6 is 0 Å². The molecular formula is C60H71N3O5. The summed E-state index contributed by atoms with van der Waals surface area (Å²) >= 11 is 0. The van der Waals surface area contributed by atoms with Crippen molar-refractivity contribution in [2.24, 2.45) is 87.1 Å². The Morgan fingerprint density at radius 3 is 2.68 bits per heavy atom. The molecule has 8 nitrogen and oxygen atoms in total. The monoisotopic (exact) mass is 914 g/mol. The number of aryl methyl sites for hydroxylation is 1. The van der Waals surface area contributed by atoms with Crippen molar-refractivity contribution in [2.75, 3.05) is 19.6 Å². The molecule has 8 aliphatic carbocycles. The largest absolute Gasteiger partial charge is 0.508 e. The van der Waals surface area contributed by atoms with Gasteiger partial charge in [0.2, 0.25) is 0 Å². The summed E-state index contributed by atoms with van der Waals surface area (Å²) in [5.74, 6) is 10.6. The minimum absolute atomic E-state index is 0.0813. The van der Waals surface area contributed by atoms with E-state index in [0.717, 1.165) is 55.5 Å². The van der Waals surface area contributed by atoms with Gasteiger partial charge in [-0.1, -0.05) is 74.0 Å². The van der Waals surface area contributed by atoms with E-state index in [1.165, 1.54) is 81.8 Å². The van der Waals surface area contributed by atoms with Crippen LogP contribution in [0.1, 0.15) is 150 Å². The van der Waals surface area contributed by atoms with E-state index in [2.05, 4.69) is 59.8 Å². The molecule has 4 saturated heterocycles. The van der Waals surface area contributed by atoms with E-state index in [1.54, 1.807) is 11.3 Å². The molecule has 356 valence electrons. The van der Waals surface area contributed by atoms with E-state index in [9.17, 15) is 5.11 Å². The van der Waals surface area contributed by atoms with Gasteiger partial charge in [-0.2, -0.15) is 0 Å². The molecule has 17 atom stereocenters. The van der Waals surface area contributed by atoms with E-state index in [-0.39, 0.29) is 59.2 Å². The zero-order valence-corrected chi connectivity index (χ0v) is 40.5. The third-order valence-corrected chi connectivity index (χ3v) is 23.7. The van der Waals surface area contributed by atoms with Gasteiger partial charge in [0.25, 0.3) is 0 Å². The molecule has 15 rings (SSSR count). The summed E-state index contributed by atoms with van der Waals surface area (Å²) in [6.07, 6.45) is 25.0. The van der Waals surface area contributed by atoms with Crippen molar-refractivity contribution in [1.82, 2.24) is 9.80 Å². The molecule has 1 aromatic carbocycles. The number of ether oxygens (including phenoxy) is 2. The molecule has 6 aliphatic heterocycles. The lowest BCUT2D eigenvalue weighted by Gasteiger charge is -2.73. The van der Waals surface area contributed by atoms with E-state index >= 15 is 9.59 Å². The fourth-order valence-corrected chi connectivity index (χ4v) is 21.7. The van der Waals surface area contributed by atoms with Crippen molar-refractivity contribution in [1.29, 1.82) is 0 Å². The van der Waals surface area contributed by atoms with Gasteiger partial charge < -0.3 is 25.2 Å². The summed E-state index contributed by atoms with van der Waals surface area (Å²) in [5.41, 5.74) is 13.1. The number of nitrogens with two attached hydrogens (primary N) is 1. The Hall–Kier alpha value is -3.80. The van der Waals surface area contributed by atoms with E-state index in [0.29, 0.717) is 90.6 Å². The third kappa shape index (κ3) is 4.55. The number of rotatable bonds is 4. The van der Waals surface area contributed by atoms with Gasteiger partial charge >= 0.3 is 11.9 Å². The number of aliphatic hydroxyl groups is 1. The molecule has 0 aromatic heterocycles. The minimum Gasteiger partial charge on any atom is -0.508 e. The maximum absolute atomic E-state index is 16.5. The molecule has 7 fully saturated rings. The highest BCUT2D eigenvalue weighted by Gasteiger charge is 2.94. The van der Waals surface area contributed by atoms with Crippen molar-refractivity contribution in [3.8, 4) is 11.8 Å². The normalized spacial score (nSPS) is 49.1. The second kappa shape index (κ2) is 13.6. The van der Waals surface area contributed by atoms with Gasteiger partial charge in [-0.15, -0.1) is 0 Å². The molecule has 68 heavy (non-hydrogen) atoms. The number of hydrogen-bond acceptors (Lipinski definition) is 8. The van der Waals surface area contributed by atoms with Crippen LogP contribution in [0.2, 0.25) is 0 Å². The number of benzene rings is 1. The smallest absolute Gasteiger partial charge is 0.339 e. The fourth-order valence-electron chi connectivity index (χ4n) is 21.7. The van der Waals surface area contributed by atoms with Gasteiger partial charge in [-0.25, -0.2) is 4.79 Å². The standard InChI is InChI=1S/C60H71N3O5/c1-31-10-11-36-26-42-32(2)24-37-14-15-43-39-25-40-30-62(43)51(37)48(42)41-17-21-58-54-53(64)47-35(27-44(40)63(29-39)52(47)38-16-20-57(28-38)18-3-4-19-57)8-5-7-34-13-12-33(9-6-22-61)46-50(34)60(58,68-55(46)65)45(23-31)59(58,49(36)41)56(66)67-54/h10-13,31-32,35-36,38-40,42-45,47-48,52,64H,3-4,6-7,9,14-30,61H2,1-2H3/b11-10-,54-53+/t31-,32+,35-,36+,38+,39+,40+,42-,43-,44+,45+,47-,48+,52-,58-,59-,60+/m1/s1. The topological polar surface area (TPSA) is 105 Å². The Morgan fingerprint density at radius 2 is 1.81 bits per heavy atom. The summed E-state index contributed by atoms with van der Waals surface area (Å²) in [5, 5.41) is 14.3. The van der Waals surface area contributed by atoms with Gasteiger partial charge in [0, 0.05) is 72.6 Å². The second-order valence-electron chi connectivity index (χ2n) is 26.1. The van der Waals surface area contributed by atoms with E-state index in [1.807, 2.05) is 0 Å². The Kier molecular flexibility index (Phi) is 8.16. The Bertz CT molecular complexity index is 2710. The number of allylic oxidation sites excluding steroid dienone is 4. The molecule has 3 saturated carbocycles. The molecule has 6 heterocycles. The first-order chi connectivity index (χ1) is 33.1. The van der Waals surface area contributed by atoms with Crippen LogP contribution in [-0.2, 0) is 32.7 Å². The summed E-state index contributed by atoms with van der Waals surface area (Å²) in [7, 11) is 0. The first-order valence-electron chi connectivity index (χ1n) is 28.0. The number of carbonyl (C=O) groups is 2. The van der Waals surface area contributed by atoms with Crippen LogP contribution in [0.5, 0.6) is 0 Å². The van der Waals surface area contributed by atoms with Gasteiger partial charge in [-0.3, -0.25) is 9.69 Å². The maximum atomic E-state index is 16.5. The van der Waals surface area contributed by atoms with E-state index in [4.69, 9.17) is 15.2 Å². The number of piperidine rings is 3. The summed E-state index contributed by atoms with van der Waals surface area (Å²) in [4.78, 5) is 37.9. The van der Waals surface area contributed by atoms with Crippen LogP contribution in [0.15, 0.2) is 58.2 Å². The van der Waals surface area contributed by atoms with Crippen molar-refractivity contribution in [3.05, 3.63) is 80.5 Å². The molecule has 1 aromatic rings. The Balaban J connectivity index is 1.04. The van der Waals surface area contributed by atoms with Crippen LogP contribution in [-0.4, -0.2) is 64.6 Å². The van der Waals surface area contributed by atoms with Gasteiger partial charge in [0.15, 0.2) is 11.4 Å². The second-order valence-corrected chi connectivity index (χ2v) is 26.1. The highest BCUT2D eigenvalue weighted by Crippen LogP contribution is 2.88. The SMILES string of the molecule is C[C@@H]1/C=C\[C@H]2C[C@H]3[C@@H]4C5=C2[C@@]26C(=O)O/C7=C(/O)[C@H]8[C@@H]([C@H]9CCC%10(CCCC%10)C9)N9C[C@@H]%10C[C@@H](CN%11C4=C(CC[C@H]%10%11)C[C@@H]3C)[C@@H]9C[C@H]8C#CCc3ccc(CCCN)c4c3[C@@](OC4=O)([C@H]2C1)[C@]76CC5. The Labute approximate surface area is 402 Å². The van der Waals surface area contributed by atoms with Gasteiger partial charge in [-0.05, 0) is 173 Å². The van der Waals surface area contributed by atoms with Crippen molar-refractivity contribution < 1.29 is 24.2 Å². The van der Waals surface area contributed by atoms with Crippen molar-refractivity contribution >= 4 is 11.9 Å². The van der Waals surface area contributed by atoms with Crippen LogP contribution < -0.4 is 5.73 Å². The van der Waals surface area contributed by atoms with E-state index < -0.39 is 16.4 Å². The fraction of sp³-hybridized carbons (Fsp3) is 0.700. The highest BCUT2D eigenvalue weighted by molar-refractivity contribution is 6.01. The highest BCUT2D eigenvalue weighted by atomic mass is 16.6. The summed E-state index contributed by atoms with van der Waals surface area (Å²) in [6.45, 7) is 7.60. The first-order valence-corrected chi connectivity index (χ1v) is 28.0. The molecule has 2 bridgehead atoms. The number of esters is 2. The molecule has 0 amide bonds. The third-order valence-electron chi connectivity index (χ3n) is 23.7. The molecule has 4 spiro atoms. The van der Waals surface area contributed by atoms with Gasteiger partial charge in [0.1, 0.15) is 11.2 Å². The van der Waals surface area contributed by atoms with Crippen LogP contribution in [0.3, 0.4) is 0 Å². The lowest BCUT2D eigenvalue weighted by atomic mass is 9.27.